The number of hydrogen-bond acceptors (Lipinski definition) is 6. The average Bonchev–Trinajstić information content (AvgIpc) is 3.04. The van der Waals surface area contributed by atoms with Crippen molar-refractivity contribution in [1.82, 2.24) is 4.90 Å². The summed E-state index contributed by atoms with van der Waals surface area (Å²) in [5, 5.41) is 0. The number of methoxy groups -OCH3 is 2. The van der Waals surface area contributed by atoms with Gasteiger partial charge in [-0.2, -0.15) is 0 Å². The maximum atomic E-state index is 14.5. The number of carbonyl (C=O) groups excluding carboxylic acids is 2. The van der Waals surface area contributed by atoms with Gasteiger partial charge in [-0.05, 0) is 59.9 Å². The molecule has 0 saturated heterocycles. The Morgan fingerprint density at radius 3 is 2.07 bits per heavy atom. The first-order chi connectivity index (χ1) is 20.9. The van der Waals surface area contributed by atoms with Crippen molar-refractivity contribution < 1.29 is 28.5 Å². The molecular formula is C36H37NO6. The molecule has 43 heavy (non-hydrogen) atoms. The van der Waals surface area contributed by atoms with Gasteiger partial charge >= 0.3 is 5.97 Å². The zero-order chi connectivity index (χ0) is 30.3. The molecule has 222 valence electrons. The van der Waals surface area contributed by atoms with Gasteiger partial charge in [0.15, 0.2) is 11.5 Å². The van der Waals surface area contributed by atoms with E-state index in [1.165, 1.54) is 0 Å². The highest BCUT2D eigenvalue weighted by Gasteiger charge is 2.40. The number of nitrogens with zero attached hydrogens (tertiary/aromatic N) is 1. The lowest BCUT2D eigenvalue weighted by Crippen LogP contribution is -2.51. The van der Waals surface area contributed by atoms with Gasteiger partial charge in [0.1, 0.15) is 18.4 Å². The third-order valence-corrected chi connectivity index (χ3v) is 7.85. The van der Waals surface area contributed by atoms with E-state index in [1.807, 2.05) is 97.9 Å². The summed E-state index contributed by atoms with van der Waals surface area (Å²) in [6.07, 6.45) is 0.240. The van der Waals surface area contributed by atoms with Gasteiger partial charge in [-0.1, -0.05) is 72.8 Å². The van der Waals surface area contributed by atoms with Crippen LogP contribution in [0, 0.1) is 6.92 Å². The topological polar surface area (TPSA) is 74.3 Å². The van der Waals surface area contributed by atoms with Crippen molar-refractivity contribution >= 4 is 11.9 Å². The maximum Gasteiger partial charge on any atom is 0.329 e. The van der Waals surface area contributed by atoms with E-state index >= 15 is 0 Å². The molecule has 0 bridgehead atoms. The molecule has 0 aliphatic carbocycles. The monoisotopic (exact) mass is 579 g/mol. The van der Waals surface area contributed by atoms with Crippen LogP contribution < -0.4 is 14.2 Å². The predicted octanol–water partition coefficient (Wildman–Crippen LogP) is 6.24. The second-order valence-electron chi connectivity index (χ2n) is 10.5. The van der Waals surface area contributed by atoms with Crippen molar-refractivity contribution in [3.63, 3.8) is 0 Å². The molecule has 0 spiro atoms. The molecule has 0 aromatic heterocycles. The van der Waals surface area contributed by atoms with Crippen LogP contribution in [0.5, 0.6) is 17.2 Å². The van der Waals surface area contributed by atoms with Gasteiger partial charge in [-0.25, -0.2) is 4.79 Å². The molecule has 1 heterocycles. The summed E-state index contributed by atoms with van der Waals surface area (Å²) >= 11 is 0. The molecule has 1 atom stereocenters. The fraction of sp³-hybridized carbons (Fsp3) is 0.278. The smallest absolute Gasteiger partial charge is 0.329 e. The Morgan fingerprint density at radius 2 is 1.49 bits per heavy atom. The fourth-order valence-corrected chi connectivity index (χ4v) is 5.74. The standard InChI is InChI=1S/C36H37NO6/c1-5-42-36(39)30-21-29-28(17-19-32(41-4)34(29)43-23-25-16-18-31(40-3)24(2)20-25)22-37(30)35(38)33(26-12-8-6-9-13-26)27-14-10-7-11-15-27/h6-20,30,33H,5,21-23H2,1-4H3. The number of fused-ring (bicyclic) bond motifs is 1. The third kappa shape index (κ3) is 6.36. The molecule has 1 amide bonds. The Labute approximate surface area is 253 Å². The average molecular weight is 580 g/mol. The van der Waals surface area contributed by atoms with Crippen LogP contribution in [0.2, 0.25) is 0 Å². The molecule has 0 fully saturated rings. The molecule has 1 unspecified atom stereocenters. The van der Waals surface area contributed by atoms with E-state index < -0.39 is 17.9 Å². The summed E-state index contributed by atoms with van der Waals surface area (Å²) in [6.45, 7) is 4.50. The molecule has 0 N–H and O–H groups in total. The van der Waals surface area contributed by atoms with Crippen LogP contribution in [0.1, 0.15) is 46.2 Å². The van der Waals surface area contributed by atoms with E-state index in [9.17, 15) is 9.59 Å². The van der Waals surface area contributed by atoms with Crippen LogP contribution in [0.3, 0.4) is 0 Å². The highest BCUT2D eigenvalue weighted by Crippen LogP contribution is 2.40. The highest BCUT2D eigenvalue weighted by molar-refractivity contribution is 5.92. The van der Waals surface area contributed by atoms with Crippen LogP contribution in [0.25, 0.3) is 0 Å². The quantitative estimate of drug-likeness (QED) is 0.207. The van der Waals surface area contributed by atoms with Gasteiger partial charge in [-0.3, -0.25) is 4.79 Å². The first-order valence-electron chi connectivity index (χ1n) is 14.5. The van der Waals surface area contributed by atoms with E-state index in [1.54, 1.807) is 26.0 Å². The zero-order valence-corrected chi connectivity index (χ0v) is 25.0. The van der Waals surface area contributed by atoms with Crippen LogP contribution in [-0.4, -0.2) is 43.6 Å². The lowest BCUT2D eigenvalue weighted by Gasteiger charge is -2.38. The van der Waals surface area contributed by atoms with Crippen molar-refractivity contribution in [3.8, 4) is 17.2 Å². The second-order valence-corrected chi connectivity index (χ2v) is 10.5. The van der Waals surface area contributed by atoms with E-state index in [-0.39, 0.29) is 25.5 Å². The largest absolute Gasteiger partial charge is 0.496 e. The van der Waals surface area contributed by atoms with E-state index in [4.69, 9.17) is 18.9 Å². The van der Waals surface area contributed by atoms with E-state index in [0.717, 1.165) is 39.1 Å². The molecule has 0 saturated carbocycles. The third-order valence-electron chi connectivity index (χ3n) is 7.85. The molecule has 7 heteroatoms. The molecule has 7 nitrogen and oxygen atoms in total. The first-order valence-corrected chi connectivity index (χ1v) is 14.5. The zero-order valence-electron chi connectivity index (χ0n) is 25.0. The number of ether oxygens (including phenoxy) is 4. The highest BCUT2D eigenvalue weighted by atomic mass is 16.5. The Morgan fingerprint density at radius 1 is 0.860 bits per heavy atom. The molecule has 1 aliphatic rings. The molecule has 4 aromatic rings. The van der Waals surface area contributed by atoms with Crippen molar-refractivity contribution in [2.45, 2.75) is 45.4 Å². The van der Waals surface area contributed by atoms with Gasteiger partial charge in [0, 0.05) is 18.5 Å². The predicted molar refractivity (Wildman–Crippen MR) is 164 cm³/mol. The maximum absolute atomic E-state index is 14.5. The van der Waals surface area contributed by atoms with Crippen molar-refractivity contribution in [3.05, 3.63) is 124 Å². The minimum absolute atomic E-state index is 0.159. The molecule has 0 radical (unpaired) electrons. The summed E-state index contributed by atoms with van der Waals surface area (Å²) in [7, 11) is 3.24. The summed E-state index contributed by atoms with van der Waals surface area (Å²) in [5.74, 6) is 0.766. The summed E-state index contributed by atoms with van der Waals surface area (Å²) in [4.78, 5) is 29.6. The Hall–Kier alpha value is -4.78. The van der Waals surface area contributed by atoms with Crippen molar-refractivity contribution in [2.24, 2.45) is 0 Å². The van der Waals surface area contributed by atoms with Gasteiger partial charge in [0.25, 0.3) is 0 Å². The van der Waals surface area contributed by atoms with Crippen LogP contribution in [0.4, 0.5) is 0 Å². The molecule has 4 aromatic carbocycles. The van der Waals surface area contributed by atoms with Gasteiger partial charge in [-0.15, -0.1) is 0 Å². The number of hydrogen-bond donors (Lipinski definition) is 0. The Kier molecular flexibility index (Phi) is 9.30. The molecular weight excluding hydrogens is 542 g/mol. The van der Waals surface area contributed by atoms with Crippen LogP contribution in [0.15, 0.2) is 91.0 Å². The number of aryl methyl sites for hydroxylation is 1. The fourth-order valence-electron chi connectivity index (χ4n) is 5.74. The van der Waals surface area contributed by atoms with Gasteiger partial charge in [0.05, 0.1) is 26.7 Å². The Bertz CT molecular complexity index is 1530. The first kappa shape index (κ1) is 29.7. The number of rotatable bonds is 10. The number of esters is 1. The SMILES string of the molecule is CCOC(=O)C1Cc2c(ccc(OC)c2OCc2ccc(OC)c(C)c2)CN1C(=O)C(c1ccccc1)c1ccccc1. The number of carbonyl (C=O) groups is 2. The lowest BCUT2D eigenvalue weighted by atomic mass is 9.86. The van der Waals surface area contributed by atoms with E-state index in [2.05, 4.69) is 0 Å². The lowest BCUT2D eigenvalue weighted by molar-refractivity contribution is -0.156. The van der Waals surface area contributed by atoms with Crippen molar-refractivity contribution in [1.29, 1.82) is 0 Å². The van der Waals surface area contributed by atoms with Crippen LogP contribution >= 0.6 is 0 Å². The number of amides is 1. The number of benzene rings is 4. The summed E-state index contributed by atoms with van der Waals surface area (Å²) in [5.41, 5.74) is 5.44. The van der Waals surface area contributed by atoms with Gasteiger partial charge < -0.3 is 23.8 Å². The molecule has 1 aliphatic heterocycles. The van der Waals surface area contributed by atoms with Crippen LogP contribution in [-0.2, 0) is 33.9 Å². The Balaban J connectivity index is 1.52. The minimum atomic E-state index is -0.826. The second kappa shape index (κ2) is 13.5. The summed E-state index contributed by atoms with van der Waals surface area (Å²) in [6, 6.07) is 28.2. The normalized spacial score (nSPS) is 14.2. The van der Waals surface area contributed by atoms with E-state index in [0.29, 0.717) is 18.1 Å². The minimum Gasteiger partial charge on any atom is -0.496 e. The summed E-state index contributed by atoms with van der Waals surface area (Å²) < 4.78 is 23.0. The van der Waals surface area contributed by atoms with Gasteiger partial charge in [0.2, 0.25) is 5.91 Å². The molecule has 5 rings (SSSR count). The van der Waals surface area contributed by atoms with Crippen molar-refractivity contribution in [2.75, 3.05) is 20.8 Å².